The summed E-state index contributed by atoms with van der Waals surface area (Å²) in [6.45, 7) is 4.76. The first kappa shape index (κ1) is 28.9. The number of methoxy groups -OCH3 is 2. The van der Waals surface area contributed by atoms with Gasteiger partial charge in [0.05, 0.1) is 26.2 Å². The third-order valence-electron chi connectivity index (χ3n) is 5.77. The molecule has 36 heavy (non-hydrogen) atoms. The minimum absolute atomic E-state index is 0.0161. The third kappa shape index (κ3) is 7.58. The smallest absolute Gasteiger partial charge is 0.244 e. The Kier molecular flexibility index (Phi) is 10.1. The Morgan fingerprint density at radius 2 is 1.64 bits per heavy atom. The topological polar surface area (TPSA) is 105 Å². The van der Waals surface area contributed by atoms with Gasteiger partial charge < -0.3 is 19.7 Å². The number of anilines is 1. The summed E-state index contributed by atoms with van der Waals surface area (Å²) >= 11 is 0. The summed E-state index contributed by atoms with van der Waals surface area (Å²) in [4.78, 5) is 27.7. The van der Waals surface area contributed by atoms with E-state index in [9.17, 15) is 22.4 Å². The summed E-state index contributed by atoms with van der Waals surface area (Å²) in [6.07, 6.45) is 1.69. The number of amides is 2. The molecule has 0 bridgehead atoms. The maximum absolute atomic E-state index is 13.5. The molecular weight excluding hydrogens is 489 g/mol. The van der Waals surface area contributed by atoms with Crippen LogP contribution in [0.2, 0.25) is 0 Å². The average molecular weight is 524 g/mol. The molecule has 2 aromatic rings. The Balaban J connectivity index is 2.43. The lowest BCUT2D eigenvalue weighted by Crippen LogP contribution is -2.52. The van der Waals surface area contributed by atoms with Crippen molar-refractivity contribution in [2.45, 2.75) is 45.8 Å². The highest BCUT2D eigenvalue weighted by molar-refractivity contribution is 7.92. The van der Waals surface area contributed by atoms with Gasteiger partial charge in [-0.05, 0) is 50.1 Å². The number of nitrogens with zero attached hydrogens (tertiary/aromatic N) is 2. The highest BCUT2D eigenvalue weighted by Crippen LogP contribution is 2.32. The molecule has 0 aromatic heterocycles. The van der Waals surface area contributed by atoms with Crippen molar-refractivity contribution in [3.8, 4) is 11.5 Å². The zero-order valence-electron chi connectivity index (χ0n) is 21.4. The predicted molar refractivity (Wildman–Crippen MR) is 136 cm³/mol. The molecule has 0 aliphatic heterocycles. The lowest BCUT2D eigenvalue weighted by atomic mass is 10.1. The molecule has 0 spiro atoms. The minimum Gasteiger partial charge on any atom is -0.493 e. The standard InChI is InChI=1S/C25H34FN3O6S/c1-7-17(2)27-25(31)18(3)28(15-19-8-10-20(26)11-9-19)24(30)16-29(36(6,32)33)21-12-13-22(34-4)23(14-21)35-5/h8-14,17-18H,7,15-16H2,1-6H3,(H,27,31)/t17-,18-/m0/s1. The van der Waals surface area contributed by atoms with E-state index in [1.54, 1.807) is 6.92 Å². The second-order valence-corrected chi connectivity index (χ2v) is 10.4. The van der Waals surface area contributed by atoms with E-state index in [2.05, 4.69) is 5.32 Å². The van der Waals surface area contributed by atoms with E-state index in [1.807, 2.05) is 13.8 Å². The second-order valence-electron chi connectivity index (χ2n) is 8.45. The fraction of sp³-hybridized carbons (Fsp3) is 0.440. The van der Waals surface area contributed by atoms with Gasteiger partial charge in [-0.2, -0.15) is 0 Å². The summed E-state index contributed by atoms with van der Waals surface area (Å²) < 4.78 is 50.2. The fourth-order valence-corrected chi connectivity index (χ4v) is 4.27. The molecule has 11 heteroatoms. The SMILES string of the molecule is CC[C@H](C)NC(=O)[C@H](C)N(Cc1ccc(F)cc1)C(=O)CN(c1ccc(OC)c(OC)c1)S(C)(=O)=O. The largest absolute Gasteiger partial charge is 0.493 e. The zero-order valence-corrected chi connectivity index (χ0v) is 22.3. The lowest BCUT2D eigenvalue weighted by Gasteiger charge is -2.32. The molecule has 2 atom stereocenters. The molecule has 0 heterocycles. The number of halogens is 1. The van der Waals surface area contributed by atoms with E-state index in [1.165, 1.54) is 61.6 Å². The van der Waals surface area contributed by atoms with Crippen LogP contribution in [0.5, 0.6) is 11.5 Å². The van der Waals surface area contributed by atoms with Gasteiger partial charge in [-0.3, -0.25) is 13.9 Å². The van der Waals surface area contributed by atoms with E-state index in [-0.39, 0.29) is 24.2 Å². The summed E-state index contributed by atoms with van der Waals surface area (Å²) in [6, 6.07) is 9.01. The average Bonchev–Trinajstić information content (AvgIpc) is 2.85. The van der Waals surface area contributed by atoms with Crippen molar-refractivity contribution in [3.05, 3.63) is 53.8 Å². The van der Waals surface area contributed by atoms with Crippen molar-refractivity contribution < 1.29 is 31.9 Å². The molecule has 0 radical (unpaired) electrons. The number of carbonyl (C=O) groups is 2. The Morgan fingerprint density at radius 1 is 1.03 bits per heavy atom. The normalized spacial score (nSPS) is 12.9. The van der Waals surface area contributed by atoms with Crippen molar-refractivity contribution in [1.29, 1.82) is 0 Å². The van der Waals surface area contributed by atoms with Crippen LogP contribution < -0.4 is 19.1 Å². The molecule has 9 nitrogen and oxygen atoms in total. The number of carbonyl (C=O) groups excluding carboxylic acids is 2. The van der Waals surface area contributed by atoms with E-state index in [0.29, 0.717) is 23.5 Å². The summed E-state index contributed by atoms with van der Waals surface area (Å²) in [7, 11) is -1.03. The van der Waals surface area contributed by atoms with Gasteiger partial charge in [-0.1, -0.05) is 19.1 Å². The van der Waals surface area contributed by atoms with Crippen molar-refractivity contribution in [3.63, 3.8) is 0 Å². The van der Waals surface area contributed by atoms with Crippen LogP contribution in [0.15, 0.2) is 42.5 Å². The number of rotatable bonds is 12. The van der Waals surface area contributed by atoms with Gasteiger partial charge in [0.15, 0.2) is 11.5 Å². The maximum atomic E-state index is 13.5. The number of hydrogen-bond donors (Lipinski definition) is 1. The highest BCUT2D eigenvalue weighted by atomic mass is 32.2. The highest BCUT2D eigenvalue weighted by Gasteiger charge is 2.30. The Hall–Kier alpha value is -3.34. The van der Waals surface area contributed by atoms with Crippen LogP contribution >= 0.6 is 0 Å². The lowest BCUT2D eigenvalue weighted by molar-refractivity contribution is -0.139. The van der Waals surface area contributed by atoms with Crippen LogP contribution in [0.1, 0.15) is 32.8 Å². The van der Waals surface area contributed by atoms with E-state index in [4.69, 9.17) is 9.47 Å². The molecule has 0 aliphatic carbocycles. The minimum atomic E-state index is -3.90. The Morgan fingerprint density at radius 3 is 2.17 bits per heavy atom. The Labute approximate surface area is 212 Å². The molecule has 2 rings (SSSR count). The summed E-state index contributed by atoms with van der Waals surface area (Å²) in [5.74, 6) is -0.728. The van der Waals surface area contributed by atoms with Crippen LogP contribution in [0.25, 0.3) is 0 Å². The molecule has 0 unspecified atom stereocenters. The van der Waals surface area contributed by atoms with Crippen molar-refractivity contribution >= 4 is 27.5 Å². The first-order valence-electron chi connectivity index (χ1n) is 11.4. The number of hydrogen-bond acceptors (Lipinski definition) is 6. The van der Waals surface area contributed by atoms with Crippen LogP contribution in [-0.2, 0) is 26.2 Å². The molecule has 1 N–H and O–H groups in total. The van der Waals surface area contributed by atoms with Gasteiger partial charge in [0.1, 0.15) is 18.4 Å². The Bertz CT molecular complexity index is 1160. The third-order valence-corrected chi connectivity index (χ3v) is 6.91. The molecule has 2 amide bonds. The molecule has 2 aromatic carbocycles. The van der Waals surface area contributed by atoms with Gasteiger partial charge in [0.2, 0.25) is 21.8 Å². The predicted octanol–water partition coefficient (Wildman–Crippen LogP) is 2.94. The summed E-state index contributed by atoms with van der Waals surface area (Å²) in [5.41, 5.74) is 0.784. The summed E-state index contributed by atoms with van der Waals surface area (Å²) in [5, 5.41) is 2.85. The first-order chi connectivity index (χ1) is 16.9. The van der Waals surface area contributed by atoms with Crippen molar-refractivity contribution in [1.82, 2.24) is 10.2 Å². The fourth-order valence-electron chi connectivity index (χ4n) is 3.43. The van der Waals surface area contributed by atoms with Gasteiger partial charge in [0.25, 0.3) is 0 Å². The number of benzene rings is 2. The van der Waals surface area contributed by atoms with Gasteiger partial charge >= 0.3 is 0 Å². The van der Waals surface area contributed by atoms with Crippen LogP contribution in [0.4, 0.5) is 10.1 Å². The first-order valence-corrected chi connectivity index (χ1v) is 13.3. The van der Waals surface area contributed by atoms with Gasteiger partial charge in [-0.15, -0.1) is 0 Å². The van der Waals surface area contributed by atoms with Gasteiger partial charge in [-0.25, -0.2) is 12.8 Å². The van der Waals surface area contributed by atoms with E-state index >= 15 is 0 Å². The molecule has 0 aliphatic rings. The molecule has 198 valence electrons. The molecule has 0 saturated heterocycles. The van der Waals surface area contributed by atoms with E-state index in [0.717, 1.165) is 10.6 Å². The number of sulfonamides is 1. The van der Waals surface area contributed by atoms with Crippen LogP contribution in [-0.4, -0.2) is 64.2 Å². The van der Waals surface area contributed by atoms with Crippen molar-refractivity contribution in [2.24, 2.45) is 0 Å². The number of nitrogens with one attached hydrogen (secondary N) is 1. The van der Waals surface area contributed by atoms with Crippen LogP contribution in [0.3, 0.4) is 0 Å². The van der Waals surface area contributed by atoms with Crippen molar-refractivity contribution in [2.75, 3.05) is 31.3 Å². The zero-order chi connectivity index (χ0) is 27.0. The van der Waals surface area contributed by atoms with Gasteiger partial charge in [0, 0.05) is 18.7 Å². The van der Waals surface area contributed by atoms with E-state index < -0.39 is 34.3 Å². The molecule has 0 fully saturated rings. The molecule has 0 saturated carbocycles. The monoisotopic (exact) mass is 523 g/mol. The quantitative estimate of drug-likeness (QED) is 0.459. The second kappa shape index (κ2) is 12.6. The molecular formula is C25H34FN3O6S. The maximum Gasteiger partial charge on any atom is 0.244 e. The van der Waals surface area contributed by atoms with Crippen LogP contribution in [0, 0.1) is 5.82 Å². The number of ether oxygens (including phenoxy) is 2.